The van der Waals surface area contributed by atoms with Crippen LogP contribution >= 0.6 is 11.6 Å². The smallest absolute Gasteiger partial charge is 0.433 e. The lowest BCUT2D eigenvalue weighted by Crippen LogP contribution is -2.08. The maximum absolute atomic E-state index is 12.7. The number of carbonyl (C=O) groups is 1. The maximum Gasteiger partial charge on any atom is 0.433 e. The molecule has 2 aromatic rings. The largest absolute Gasteiger partial charge is 0.481 e. The molecule has 0 bridgehead atoms. The lowest BCUT2D eigenvalue weighted by atomic mass is 10.0. The number of rotatable bonds is 2. The molecule has 0 unspecified atom stereocenters. The monoisotopic (exact) mass is 303 g/mol. The van der Waals surface area contributed by atoms with Crippen molar-refractivity contribution in [2.24, 2.45) is 0 Å². The molecule has 0 amide bonds. The number of pyridine rings is 1. The number of carboxylic acids is 1. The standard InChI is InChI=1S/C13H9ClF3NO2/c1-6-2-7(4-11(19)20)3-8-9(14)5-10(13(15,16)17)18-12(6)8/h2-3,5H,4H2,1H3,(H,19,20). The van der Waals surface area contributed by atoms with Gasteiger partial charge in [0.2, 0.25) is 0 Å². The van der Waals surface area contributed by atoms with Crippen molar-refractivity contribution in [2.75, 3.05) is 0 Å². The predicted octanol–water partition coefficient (Wildman–Crippen LogP) is 3.84. The predicted molar refractivity (Wildman–Crippen MR) is 67.8 cm³/mol. The zero-order valence-corrected chi connectivity index (χ0v) is 11.0. The minimum absolute atomic E-state index is 0.0994. The number of hydrogen-bond acceptors (Lipinski definition) is 2. The summed E-state index contributed by atoms with van der Waals surface area (Å²) >= 11 is 5.86. The van der Waals surface area contributed by atoms with Gasteiger partial charge >= 0.3 is 12.1 Å². The summed E-state index contributed by atoms with van der Waals surface area (Å²) in [5.41, 5.74) is -0.0271. The summed E-state index contributed by atoms with van der Waals surface area (Å²) in [4.78, 5) is 14.3. The highest BCUT2D eigenvalue weighted by molar-refractivity contribution is 6.35. The quantitative estimate of drug-likeness (QED) is 0.917. The Bertz CT molecular complexity index is 698. The summed E-state index contributed by atoms with van der Waals surface area (Å²) in [5.74, 6) is -1.03. The van der Waals surface area contributed by atoms with Crippen molar-refractivity contribution in [2.45, 2.75) is 19.5 Å². The molecule has 0 aliphatic rings. The first-order chi connectivity index (χ1) is 9.18. The van der Waals surface area contributed by atoms with Gasteiger partial charge in [0.05, 0.1) is 17.0 Å². The fraction of sp³-hybridized carbons (Fsp3) is 0.231. The number of aryl methyl sites for hydroxylation is 1. The number of benzene rings is 1. The van der Waals surface area contributed by atoms with Crippen LogP contribution in [-0.4, -0.2) is 16.1 Å². The van der Waals surface area contributed by atoms with Crippen LogP contribution in [0.2, 0.25) is 5.02 Å². The Morgan fingerprint density at radius 2 is 2.00 bits per heavy atom. The summed E-state index contributed by atoms with van der Waals surface area (Å²) in [5, 5.41) is 8.97. The first-order valence-corrected chi connectivity index (χ1v) is 5.95. The summed E-state index contributed by atoms with van der Waals surface area (Å²) < 4.78 is 38.0. The average molecular weight is 304 g/mol. The Hall–Kier alpha value is -1.82. The number of nitrogens with zero attached hydrogens (tertiary/aromatic N) is 1. The number of aromatic nitrogens is 1. The summed E-state index contributed by atoms with van der Waals surface area (Å²) in [6, 6.07) is 3.69. The Morgan fingerprint density at radius 1 is 1.35 bits per heavy atom. The van der Waals surface area contributed by atoms with Gasteiger partial charge in [-0.05, 0) is 30.2 Å². The first-order valence-electron chi connectivity index (χ1n) is 5.57. The van der Waals surface area contributed by atoms with Crippen LogP contribution in [-0.2, 0) is 17.4 Å². The van der Waals surface area contributed by atoms with Gasteiger partial charge in [0.15, 0.2) is 0 Å². The molecule has 0 aliphatic carbocycles. The molecule has 2 rings (SSSR count). The van der Waals surface area contributed by atoms with Crippen molar-refractivity contribution in [3.63, 3.8) is 0 Å². The highest BCUT2D eigenvalue weighted by Crippen LogP contribution is 2.34. The molecule has 0 saturated heterocycles. The SMILES string of the molecule is Cc1cc(CC(=O)O)cc2c(Cl)cc(C(F)(F)F)nc12. The normalized spacial score (nSPS) is 11.8. The lowest BCUT2D eigenvalue weighted by Gasteiger charge is -2.11. The second-order valence-electron chi connectivity index (χ2n) is 4.37. The molecule has 0 saturated carbocycles. The zero-order chi connectivity index (χ0) is 15.1. The fourth-order valence-electron chi connectivity index (χ4n) is 1.96. The molecule has 1 heterocycles. The molecule has 1 aromatic carbocycles. The molecule has 106 valence electrons. The van der Waals surface area contributed by atoms with E-state index in [1.54, 1.807) is 6.92 Å². The molecular weight excluding hydrogens is 295 g/mol. The Morgan fingerprint density at radius 3 is 2.55 bits per heavy atom. The van der Waals surface area contributed by atoms with Crippen LogP contribution in [0.3, 0.4) is 0 Å². The van der Waals surface area contributed by atoms with Crippen molar-refractivity contribution in [1.82, 2.24) is 4.98 Å². The van der Waals surface area contributed by atoms with Crippen molar-refractivity contribution < 1.29 is 23.1 Å². The van der Waals surface area contributed by atoms with Crippen molar-refractivity contribution in [3.8, 4) is 0 Å². The third-order valence-electron chi connectivity index (χ3n) is 2.76. The van der Waals surface area contributed by atoms with E-state index < -0.39 is 17.8 Å². The van der Waals surface area contributed by atoms with Gasteiger partial charge in [-0.3, -0.25) is 4.79 Å². The van der Waals surface area contributed by atoms with Gasteiger partial charge in [-0.2, -0.15) is 13.2 Å². The third-order valence-corrected chi connectivity index (χ3v) is 3.07. The molecule has 1 N–H and O–H groups in total. The minimum atomic E-state index is -4.58. The van der Waals surface area contributed by atoms with Gasteiger partial charge in [-0.1, -0.05) is 17.7 Å². The molecule has 0 radical (unpaired) electrons. The van der Waals surface area contributed by atoms with E-state index in [2.05, 4.69) is 4.98 Å². The van der Waals surface area contributed by atoms with Crippen LogP contribution in [0, 0.1) is 6.92 Å². The van der Waals surface area contributed by atoms with Crippen LogP contribution in [0.25, 0.3) is 10.9 Å². The number of aliphatic carboxylic acids is 1. The van der Waals surface area contributed by atoms with E-state index in [9.17, 15) is 18.0 Å². The third kappa shape index (κ3) is 2.85. The molecule has 20 heavy (non-hydrogen) atoms. The number of fused-ring (bicyclic) bond motifs is 1. The Kier molecular flexibility index (Phi) is 3.60. The van der Waals surface area contributed by atoms with E-state index in [1.807, 2.05) is 0 Å². The lowest BCUT2D eigenvalue weighted by molar-refractivity contribution is -0.141. The van der Waals surface area contributed by atoms with Crippen LogP contribution in [0.1, 0.15) is 16.8 Å². The van der Waals surface area contributed by atoms with Crippen LogP contribution in [0.4, 0.5) is 13.2 Å². The fourth-order valence-corrected chi connectivity index (χ4v) is 2.20. The van der Waals surface area contributed by atoms with E-state index in [1.165, 1.54) is 12.1 Å². The van der Waals surface area contributed by atoms with Gasteiger partial charge in [-0.25, -0.2) is 4.98 Å². The molecule has 0 aliphatic heterocycles. The van der Waals surface area contributed by atoms with Gasteiger partial charge in [0, 0.05) is 5.39 Å². The summed E-state index contributed by atoms with van der Waals surface area (Å²) in [6.07, 6.45) is -4.81. The van der Waals surface area contributed by atoms with E-state index in [0.717, 1.165) is 6.07 Å². The molecule has 0 atom stereocenters. The average Bonchev–Trinajstić information content (AvgIpc) is 2.28. The van der Waals surface area contributed by atoms with E-state index in [0.29, 0.717) is 16.5 Å². The summed E-state index contributed by atoms with van der Waals surface area (Å²) in [7, 11) is 0. The number of alkyl halides is 3. The maximum atomic E-state index is 12.7. The van der Waals surface area contributed by atoms with Gasteiger partial charge in [0.1, 0.15) is 5.69 Å². The van der Waals surface area contributed by atoms with Crippen molar-refractivity contribution in [3.05, 3.63) is 40.0 Å². The zero-order valence-electron chi connectivity index (χ0n) is 10.3. The van der Waals surface area contributed by atoms with Crippen molar-refractivity contribution >= 4 is 28.5 Å². The van der Waals surface area contributed by atoms with Gasteiger partial charge < -0.3 is 5.11 Å². The van der Waals surface area contributed by atoms with E-state index in [4.69, 9.17) is 16.7 Å². The molecule has 3 nitrogen and oxygen atoms in total. The Labute approximate surface area is 117 Å². The summed E-state index contributed by atoms with van der Waals surface area (Å²) in [6.45, 7) is 1.57. The first kappa shape index (κ1) is 14.6. The van der Waals surface area contributed by atoms with Crippen LogP contribution < -0.4 is 0 Å². The Balaban J connectivity index is 2.68. The van der Waals surface area contributed by atoms with Gasteiger partial charge in [0.25, 0.3) is 0 Å². The highest BCUT2D eigenvalue weighted by Gasteiger charge is 2.33. The van der Waals surface area contributed by atoms with Gasteiger partial charge in [-0.15, -0.1) is 0 Å². The topological polar surface area (TPSA) is 50.2 Å². The molecular formula is C13H9ClF3NO2. The highest BCUT2D eigenvalue weighted by atomic mass is 35.5. The van der Waals surface area contributed by atoms with Crippen LogP contribution in [0.5, 0.6) is 0 Å². The molecule has 0 spiro atoms. The minimum Gasteiger partial charge on any atom is -0.481 e. The van der Waals surface area contributed by atoms with E-state index >= 15 is 0 Å². The number of carboxylic acid groups (broad SMARTS) is 1. The number of hydrogen-bond donors (Lipinski definition) is 1. The molecule has 7 heteroatoms. The molecule has 0 fully saturated rings. The van der Waals surface area contributed by atoms with Crippen molar-refractivity contribution in [1.29, 1.82) is 0 Å². The molecule has 1 aromatic heterocycles. The van der Waals surface area contributed by atoms with Crippen LogP contribution in [0.15, 0.2) is 18.2 Å². The second-order valence-corrected chi connectivity index (χ2v) is 4.77. The number of halogens is 4. The second kappa shape index (κ2) is 4.94. The van der Waals surface area contributed by atoms with E-state index in [-0.39, 0.29) is 17.0 Å².